The zero-order chi connectivity index (χ0) is 15.8. The average Bonchev–Trinajstić information content (AvgIpc) is 2.87. The lowest BCUT2D eigenvalue weighted by Crippen LogP contribution is -2.68. The SMILES string of the molecule is C=CC[C@]12OC[C@H]3C[C@@]4(Oc5ccccc5C(=O)C4=C[C@H]31)C2=O. The van der Waals surface area contributed by atoms with Crippen LogP contribution < -0.4 is 4.74 Å². The molecule has 0 N–H and O–H groups in total. The second-order valence-corrected chi connectivity index (χ2v) is 6.85. The van der Waals surface area contributed by atoms with Gasteiger partial charge in [-0.15, -0.1) is 6.58 Å². The van der Waals surface area contributed by atoms with Crippen LogP contribution in [0.15, 0.2) is 48.6 Å². The molecule has 2 heterocycles. The van der Waals surface area contributed by atoms with Crippen molar-refractivity contribution in [2.24, 2.45) is 11.8 Å². The molecule has 0 aromatic heterocycles. The van der Waals surface area contributed by atoms with Crippen molar-refractivity contribution in [3.63, 3.8) is 0 Å². The van der Waals surface area contributed by atoms with Gasteiger partial charge < -0.3 is 9.47 Å². The molecule has 23 heavy (non-hydrogen) atoms. The lowest BCUT2D eigenvalue weighted by molar-refractivity contribution is -0.160. The Morgan fingerprint density at radius 2 is 2.13 bits per heavy atom. The van der Waals surface area contributed by atoms with Crippen LogP contribution in [0.4, 0.5) is 0 Å². The van der Waals surface area contributed by atoms with Crippen molar-refractivity contribution in [3.8, 4) is 5.75 Å². The van der Waals surface area contributed by atoms with E-state index in [0.717, 1.165) is 0 Å². The van der Waals surface area contributed by atoms with Crippen LogP contribution in [-0.4, -0.2) is 29.4 Å². The van der Waals surface area contributed by atoms with Crippen LogP contribution in [0.2, 0.25) is 0 Å². The summed E-state index contributed by atoms with van der Waals surface area (Å²) >= 11 is 0. The predicted molar refractivity (Wildman–Crippen MR) is 82.3 cm³/mol. The molecular weight excluding hydrogens is 292 g/mol. The molecule has 1 saturated carbocycles. The highest BCUT2D eigenvalue weighted by Gasteiger charge is 2.72. The Hall–Kier alpha value is -2.20. The summed E-state index contributed by atoms with van der Waals surface area (Å²) in [6, 6.07) is 7.15. The number of ether oxygens (including phenoxy) is 2. The van der Waals surface area contributed by atoms with Gasteiger partial charge in [0.25, 0.3) is 0 Å². The van der Waals surface area contributed by atoms with Gasteiger partial charge in [0.05, 0.1) is 12.2 Å². The number of fused-ring (bicyclic) bond motifs is 1. The maximum Gasteiger partial charge on any atom is 0.213 e. The summed E-state index contributed by atoms with van der Waals surface area (Å²) in [5.41, 5.74) is -1.03. The minimum absolute atomic E-state index is 0.0531. The van der Waals surface area contributed by atoms with E-state index in [4.69, 9.17) is 9.47 Å². The summed E-state index contributed by atoms with van der Waals surface area (Å²) in [4.78, 5) is 26.3. The van der Waals surface area contributed by atoms with Crippen LogP contribution >= 0.6 is 0 Å². The lowest BCUT2D eigenvalue weighted by atomic mass is 9.54. The summed E-state index contributed by atoms with van der Waals surface area (Å²) < 4.78 is 12.2. The first-order valence-electron chi connectivity index (χ1n) is 7.97. The minimum atomic E-state index is -1.18. The number of hydrogen-bond acceptors (Lipinski definition) is 4. The Kier molecular flexibility index (Phi) is 2.31. The molecule has 0 amide bonds. The van der Waals surface area contributed by atoms with Gasteiger partial charge in [0, 0.05) is 24.3 Å². The standard InChI is InChI=1S/C19H16O4/c1-2-7-18-13-8-14-16(20)12-5-3-4-6-15(12)23-19(14,17(18)21)9-11(13)10-22-18/h2-6,8,11,13H,1,7,9-10H2/t11-,13-,18+,19+/m1/s1. The van der Waals surface area contributed by atoms with Gasteiger partial charge in [-0.05, 0) is 18.1 Å². The fraction of sp³-hybridized carbons (Fsp3) is 0.368. The third kappa shape index (κ3) is 1.33. The van der Waals surface area contributed by atoms with E-state index in [1.165, 1.54) is 0 Å². The molecule has 2 fully saturated rings. The number of carbonyl (C=O) groups is 2. The van der Waals surface area contributed by atoms with Crippen LogP contribution in [0.25, 0.3) is 0 Å². The number of ketones is 2. The van der Waals surface area contributed by atoms with Crippen molar-refractivity contribution < 1.29 is 19.1 Å². The molecule has 1 saturated heterocycles. The van der Waals surface area contributed by atoms with E-state index in [1.54, 1.807) is 18.2 Å². The van der Waals surface area contributed by atoms with Crippen molar-refractivity contribution in [2.75, 3.05) is 6.61 Å². The number of hydrogen-bond donors (Lipinski definition) is 0. The number of Topliss-reactive ketones (excluding diaryl/α,β-unsaturated/α-hetero) is 2. The molecule has 4 atom stereocenters. The molecule has 1 aromatic carbocycles. The fourth-order valence-electron chi connectivity index (χ4n) is 4.84. The number of rotatable bonds is 2. The summed E-state index contributed by atoms with van der Waals surface area (Å²) in [5.74, 6) is 0.468. The van der Waals surface area contributed by atoms with E-state index in [0.29, 0.717) is 36.3 Å². The van der Waals surface area contributed by atoms with Crippen LogP contribution in [0.5, 0.6) is 5.75 Å². The highest BCUT2D eigenvalue weighted by Crippen LogP contribution is 2.59. The van der Waals surface area contributed by atoms with E-state index in [1.807, 2.05) is 18.2 Å². The number of benzene rings is 1. The quantitative estimate of drug-likeness (QED) is 0.788. The minimum Gasteiger partial charge on any atom is -0.474 e. The van der Waals surface area contributed by atoms with Crippen molar-refractivity contribution in [1.29, 1.82) is 0 Å². The second kappa shape index (κ2) is 4.01. The molecule has 4 nitrogen and oxygen atoms in total. The normalized spacial score (nSPS) is 39.4. The van der Waals surface area contributed by atoms with Gasteiger partial charge in [0.2, 0.25) is 5.78 Å². The summed E-state index contributed by atoms with van der Waals surface area (Å²) in [7, 11) is 0. The average molecular weight is 308 g/mol. The van der Waals surface area contributed by atoms with Crippen LogP contribution in [-0.2, 0) is 9.53 Å². The van der Waals surface area contributed by atoms with Crippen LogP contribution in [0.3, 0.4) is 0 Å². The second-order valence-electron chi connectivity index (χ2n) is 6.85. The van der Waals surface area contributed by atoms with Crippen molar-refractivity contribution in [2.45, 2.75) is 24.0 Å². The zero-order valence-electron chi connectivity index (χ0n) is 12.6. The van der Waals surface area contributed by atoms with Crippen molar-refractivity contribution in [3.05, 3.63) is 54.1 Å². The van der Waals surface area contributed by atoms with Gasteiger partial charge in [0.15, 0.2) is 11.4 Å². The molecule has 116 valence electrons. The maximum atomic E-state index is 13.4. The Morgan fingerprint density at radius 1 is 1.30 bits per heavy atom. The Bertz CT molecular complexity index is 807. The third-order valence-corrected chi connectivity index (χ3v) is 5.79. The molecule has 3 aliphatic carbocycles. The lowest BCUT2D eigenvalue weighted by Gasteiger charge is -2.52. The smallest absolute Gasteiger partial charge is 0.213 e. The highest BCUT2D eigenvalue weighted by molar-refractivity contribution is 6.20. The van der Waals surface area contributed by atoms with E-state index >= 15 is 0 Å². The molecule has 0 unspecified atom stereocenters. The Morgan fingerprint density at radius 3 is 2.96 bits per heavy atom. The summed E-state index contributed by atoms with van der Waals surface area (Å²) in [6.45, 7) is 4.31. The van der Waals surface area contributed by atoms with Gasteiger partial charge in [0.1, 0.15) is 11.4 Å². The largest absolute Gasteiger partial charge is 0.474 e. The van der Waals surface area contributed by atoms with Gasteiger partial charge in [-0.3, -0.25) is 9.59 Å². The summed E-state index contributed by atoms with van der Waals surface area (Å²) in [5, 5.41) is 0. The van der Waals surface area contributed by atoms with E-state index in [2.05, 4.69) is 6.58 Å². The molecule has 0 radical (unpaired) electrons. The van der Waals surface area contributed by atoms with Gasteiger partial charge in [-0.25, -0.2) is 0 Å². The molecule has 1 spiro atoms. The Balaban J connectivity index is 1.76. The number of carbonyl (C=O) groups excluding carboxylic acids is 2. The summed E-state index contributed by atoms with van der Waals surface area (Å²) in [6.07, 6.45) is 4.66. The van der Waals surface area contributed by atoms with E-state index < -0.39 is 11.2 Å². The van der Waals surface area contributed by atoms with Gasteiger partial charge in [-0.2, -0.15) is 0 Å². The van der Waals surface area contributed by atoms with Gasteiger partial charge in [-0.1, -0.05) is 24.3 Å². The van der Waals surface area contributed by atoms with Crippen LogP contribution in [0, 0.1) is 11.8 Å². The molecule has 1 aromatic rings. The molecule has 4 bridgehead atoms. The molecule has 5 aliphatic rings. The maximum absolute atomic E-state index is 13.4. The monoisotopic (exact) mass is 308 g/mol. The first kappa shape index (κ1) is 13.3. The zero-order valence-corrected chi connectivity index (χ0v) is 12.6. The molecule has 2 aliphatic heterocycles. The van der Waals surface area contributed by atoms with Crippen LogP contribution in [0.1, 0.15) is 23.2 Å². The molecule has 6 rings (SSSR count). The Labute approximate surface area is 133 Å². The number of para-hydroxylation sites is 1. The first-order chi connectivity index (χ1) is 11.1. The molecular formula is C19H16O4. The van der Waals surface area contributed by atoms with Gasteiger partial charge >= 0.3 is 0 Å². The topological polar surface area (TPSA) is 52.6 Å². The van der Waals surface area contributed by atoms with Crippen molar-refractivity contribution >= 4 is 11.6 Å². The van der Waals surface area contributed by atoms with Crippen molar-refractivity contribution in [1.82, 2.24) is 0 Å². The first-order valence-corrected chi connectivity index (χ1v) is 7.97. The van der Waals surface area contributed by atoms with E-state index in [-0.39, 0.29) is 23.4 Å². The third-order valence-electron chi connectivity index (χ3n) is 5.79. The molecule has 4 heteroatoms. The fourth-order valence-corrected chi connectivity index (χ4v) is 4.84. The highest BCUT2D eigenvalue weighted by atomic mass is 16.5. The van der Waals surface area contributed by atoms with E-state index in [9.17, 15) is 9.59 Å². The predicted octanol–water partition coefficient (Wildman–Crippen LogP) is 2.49.